The molecule has 2 aromatic rings. The highest BCUT2D eigenvalue weighted by molar-refractivity contribution is 7.84. The second kappa shape index (κ2) is 13.8. The van der Waals surface area contributed by atoms with E-state index in [9.17, 15) is 26.6 Å². The smallest absolute Gasteiger partial charge is 0.324 e. The van der Waals surface area contributed by atoms with Crippen LogP contribution in [0.25, 0.3) is 11.0 Å². The molecule has 3 aliphatic carbocycles. The molecule has 0 saturated heterocycles. The Balaban J connectivity index is 1.50. The number of ether oxygens (including phenoxy) is 1. The van der Waals surface area contributed by atoms with Gasteiger partial charge in [-0.3, -0.25) is 4.79 Å². The average Bonchev–Trinajstić information content (AvgIpc) is 3.90. The molecule has 0 spiro atoms. The van der Waals surface area contributed by atoms with Crippen molar-refractivity contribution in [2.75, 3.05) is 6.61 Å². The third-order valence-electron chi connectivity index (χ3n) is 9.63. The quantitative estimate of drug-likeness (QED) is 0.111. The lowest BCUT2D eigenvalue weighted by atomic mass is 9.82. The molecule has 3 fully saturated rings. The molecule has 1 aromatic carbocycles. The standard InChI is InChI=1S/C34H52F4N4O3SSi/c1-32(2,3)46(44)41-29(24-13-15-33(35,36)16-14-24)30-39-26-19-25(11-12-27(26)42(30)21-45-17-18-47(4,5)6)28(23-9-10-23)40-31(43)34(37,38)20-22-7-8-22/h11-12,19,22-24,28-29,41H,7-10,13-18,20-21H2,1-6H3,(H,40,43)/t28-,29+,46-/m1/s1. The first kappa shape index (κ1) is 36.4. The van der Waals surface area contributed by atoms with Gasteiger partial charge < -0.3 is 14.6 Å². The molecule has 3 aliphatic rings. The van der Waals surface area contributed by atoms with Crippen LogP contribution in [0.5, 0.6) is 0 Å². The predicted octanol–water partition coefficient (Wildman–Crippen LogP) is 8.27. The van der Waals surface area contributed by atoms with Crippen molar-refractivity contribution in [3.8, 4) is 0 Å². The molecular formula is C34H52F4N4O3SSi. The van der Waals surface area contributed by atoms with E-state index in [2.05, 4.69) is 29.7 Å². The van der Waals surface area contributed by atoms with Crippen molar-refractivity contribution in [2.24, 2.45) is 17.8 Å². The van der Waals surface area contributed by atoms with E-state index < -0.39 is 60.1 Å². The van der Waals surface area contributed by atoms with Crippen molar-refractivity contribution in [2.45, 2.75) is 140 Å². The summed E-state index contributed by atoms with van der Waals surface area (Å²) in [7, 11) is -2.88. The lowest BCUT2D eigenvalue weighted by molar-refractivity contribution is -0.148. The third kappa shape index (κ3) is 9.66. The van der Waals surface area contributed by atoms with Gasteiger partial charge in [-0.2, -0.15) is 8.78 Å². The number of hydrogen-bond acceptors (Lipinski definition) is 4. The Morgan fingerprint density at radius 2 is 1.70 bits per heavy atom. The van der Waals surface area contributed by atoms with E-state index in [0.29, 0.717) is 23.5 Å². The van der Waals surface area contributed by atoms with Crippen molar-refractivity contribution < 1.29 is 31.3 Å². The molecule has 0 unspecified atom stereocenters. The first-order valence-corrected chi connectivity index (χ1v) is 22.0. The molecule has 0 radical (unpaired) electrons. The van der Waals surface area contributed by atoms with Crippen LogP contribution in [0.15, 0.2) is 18.2 Å². The van der Waals surface area contributed by atoms with Gasteiger partial charge in [0.15, 0.2) is 0 Å². The van der Waals surface area contributed by atoms with Crippen molar-refractivity contribution in [1.82, 2.24) is 19.6 Å². The molecule has 1 aromatic heterocycles. The van der Waals surface area contributed by atoms with Crippen molar-refractivity contribution in [3.63, 3.8) is 0 Å². The van der Waals surface area contributed by atoms with Crippen molar-refractivity contribution in [3.05, 3.63) is 29.6 Å². The summed E-state index contributed by atoms with van der Waals surface area (Å²) >= 11 is 0. The molecule has 0 bridgehead atoms. The summed E-state index contributed by atoms with van der Waals surface area (Å²) in [6, 6.07) is 5.38. The van der Waals surface area contributed by atoms with Gasteiger partial charge in [-0.15, -0.1) is 0 Å². The molecular weight excluding hydrogens is 649 g/mol. The number of nitrogens with zero attached hydrogens (tertiary/aromatic N) is 2. The van der Waals surface area contributed by atoms with E-state index in [4.69, 9.17) is 9.72 Å². The van der Waals surface area contributed by atoms with Crippen molar-refractivity contribution in [1.29, 1.82) is 0 Å². The van der Waals surface area contributed by atoms with E-state index in [-0.39, 0.29) is 50.2 Å². The summed E-state index contributed by atoms with van der Waals surface area (Å²) in [4.78, 5) is 17.8. The molecule has 1 amide bonds. The molecule has 13 heteroatoms. The third-order valence-corrected chi connectivity index (χ3v) is 12.9. The van der Waals surface area contributed by atoms with Crippen LogP contribution in [-0.2, 0) is 27.2 Å². The van der Waals surface area contributed by atoms with Gasteiger partial charge in [0.25, 0.3) is 5.91 Å². The zero-order valence-electron chi connectivity index (χ0n) is 28.6. The normalized spacial score (nSPS) is 21.5. The number of carbonyl (C=O) groups excluding carboxylic acids is 1. The highest BCUT2D eigenvalue weighted by atomic mass is 32.2. The summed E-state index contributed by atoms with van der Waals surface area (Å²) in [6.07, 6.45) is 2.73. The molecule has 2 N–H and O–H groups in total. The number of benzene rings is 1. The molecule has 3 atom stereocenters. The number of fused-ring (bicyclic) bond motifs is 1. The minimum Gasteiger partial charge on any atom is -0.361 e. The fraction of sp³-hybridized carbons (Fsp3) is 0.765. The fourth-order valence-electron chi connectivity index (χ4n) is 6.24. The Morgan fingerprint density at radius 3 is 2.28 bits per heavy atom. The second-order valence-corrected chi connectivity index (χ2v) is 23.9. The van der Waals surface area contributed by atoms with E-state index >= 15 is 0 Å². The Morgan fingerprint density at radius 1 is 1.06 bits per heavy atom. The summed E-state index contributed by atoms with van der Waals surface area (Å²) in [5.74, 6) is -7.08. The number of aromatic nitrogens is 2. The molecule has 3 saturated carbocycles. The summed E-state index contributed by atoms with van der Waals surface area (Å²) < 4.78 is 82.4. The van der Waals surface area contributed by atoms with E-state index in [1.54, 1.807) is 0 Å². The largest absolute Gasteiger partial charge is 0.361 e. The highest BCUT2D eigenvalue weighted by Crippen LogP contribution is 2.45. The van der Waals surface area contributed by atoms with Crippen LogP contribution in [0, 0.1) is 17.8 Å². The summed E-state index contributed by atoms with van der Waals surface area (Å²) in [5, 5.41) is 2.67. The van der Waals surface area contributed by atoms with Gasteiger partial charge in [-0.25, -0.2) is 22.7 Å². The maximum Gasteiger partial charge on any atom is 0.324 e. The van der Waals surface area contributed by atoms with Gasteiger partial charge >= 0.3 is 5.92 Å². The number of carbonyl (C=O) groups is 1. The Kier molecular flexibility index (Phi) is 10.7. The Bertz CT molecular complexity index is 1440. The van der Waals surface area contributed by atoms with Crippen LogP contribution in [0.4, 0.5) is 17.6 Å². The van der Waals surface area contributed by atoms with E-state index in [1.165, 1.54) is 0 Å². The zero-order chi connectivity index (χ0) is 34.4. The lowest BCUT2D eigenvalue weighted by Gasteiger charge is -2.35. The first-order valence-electron chi connectivity index (χ1n) is 17.2. The van der Waals surface area contributed by atoms with Crippen LogP contribution in [0.3, 0.4) is 0 Å². The van der Waals surface area contributed by atoms with Gasteiger partial charge in [0.05, 0.1) is 38.8 Å². The molecule has 7 nitrogen and oxygen atoms in total. The minimum absolute atomic E-state index is 0.0621. The number of rotatable bonds is 15. The SMILES string of the molecule is CC(C)(C)[S@@](=O)N[C@H](c1nc2cc([C@H](NC(=O)C(F)(F)CC3CC3)C3CC3)ccc2n1COCC[Si](C)(C)C)C1CCC(F)(F)CC1. The summed E-state index contributed by atoms with van der Waals surface area (Å²) in [6.45, 7) is 13.1. The van der Waals surface area contributed by atoms with Crippen LogP contribution < -0.4 is 10.0 Å². The number of halogens is 4. The van der Waals surface area contributed by atoms with E-state index in [1.807, 2.05) is 43.5 Å². The average molecular weight is 701 g/mol. The fourth-order valence-corrected chi connectivity index (χ4v) is 7.88. The van der Waals surface area contributed by atoms with Gasteiger partial charge in [0.2, 0.25) is 5.92 Å². The maximum absolute atomic E-state index is 14.8. The van der Waals surface area contributed by atoms with Crippen LogP contribution in [0.2, 0.25) is 25.7 Å². The predicted molar refractivity (Wildman–Crippen MR) is 180 cm³/mol. The number of amides is 1. The number of nitrogens with one attached hydrogen (secondary N) is 2. The molecule has 47 heavy (non-hydrogen) atoms. The molecule has 0 aliphatic heterocycles. The van der Waals surface area contributed by atoms with Crippen LogP contribution >= 0.6 is 0 Å². The Hall–Kier alpha value is -1.83. The summed E-state index contributed by atoms with van der Waals surface area (Å²) in [5.41, 5.74) is 2.03. The topological polar surface area (TPSA) is 85.3 Å². The van der Waals surface area contributed by atoms with Gasteiger partial charge in [-0.1, -0.05) is 25.7 Å². The van der Waals surface area contributed by atoms with E-state index in [0.717, 1.165) is 37.2 Å². The Labute approximate surface area is 280 Å². The second-order valence-electron chi connectivity index (χ2n) is 16.3. The lowest BCUT2D eigenvalue weighted by Crippen LogP contribution is -2.42. The van der Waals surface area contributed by atoms with Gasteiger partial charge in [0, 0.05) is 33.9 Å². The molecule has 5 rings (SSSR count). The number of alkyl halides is 4. The monoisotopic (exact) mass is 700 g/mol. The van der Waals surface area contributed by atoms with Gasteiger partial charge in [-0.05, 0) is 101 Å². The maximum atomic E-state index is 14.8. The minimum atomic E-state index is -3.42. The van der Waals surface area contributed by atoms with Crippen LogP contribution in [0.1, 0.15) is 102 Å². The van der Waals surface area contributed by atoms with Gasteiger partial charge in [0.1, 0.15) is 12.6 Å². The molecule has 1 heterocycles. The number of imidazole rings is 1. The zero-order valence-corrected chi connectivity index (χ0v) is 30.5. The number of hydrogen-bond donors (Lipinski definition) is 2. The molecule has 264 valence electrons. The van der Waals surface area contributed by atoms with Crippen LogP contribution in [-0.4, -0.2) is 50.9 Å². The first-order chi connectivity index (χ1) is 21.8. The highest BCUT2D eigenvalue weighted by Gasteiger charge is 2.46. The van der Waals surface area contributed by atoms with Crippen molar-refractivity contribution >= 4 is 36.0 Å².